The number of anilines is 2. The molecule has 0 saturated heterocycles. The first kappa shape index (κ1) is 23.8. The molecule has 5 rings (SSSR count). The lowest BCUT2D eigenvalue weighted by molar-refractivity contribution is 0.260. The fourth-order valence-corrected chi connectivity index (χ4v) is 4.35. The Morgan fingerprint density at radius 3 is 2.65 bits per heavy atom. The van der Waals surface area contributed by atoms with Crippen LogP contribution in [0, 0.1) is 23.1 Å². The smallest absolute Gasteiger partial charge is 0.123 e. The number of halogens is 2. The van der Waals surface area contributed by atoms with Gasteiger partial charge in [0.15, 0.2) is 0 Å². The van der Waals surface area contributed by atoms with E-state index in [9.17, 15) is 11.0 Å². The van der Waals surface area contributed by atoms with Crippen LogP contribution in [-0.2, 0) is 0 Å². The van der Waals surface area contributed by atoms with Crippen LogP contribution in [0.2, 0.25) is 5.02 Å². The average molecular weight is 521 g/mol. The summed E-state index contributed by atoms with van der Waals surface area (Å²) in [6.45, 7) is 8.38. The molecular weight excluding hydrogens is 489 g/mol. The van der Waals surface area contributed by atoms with E-state index < -0.39 is 6.02 Å². The quantitative estimate of drug-likeness (QED) is 0.280. The average Bonchev–Trinajstić information content (AvgIpc) is 3.60. The van der Waals surface area contributed by atoms with Crippen LogP contribution in [-0.4, -0.2) is 21.6 Å². The zero-order chi connectivity index (χ0) is 27.2. The Hall–Kier alpha value is -3.54. The molecule has 3 aromatic rings. The molecule has 1 aliphatic carbocycles. The van der Waals surface area contributed by atoms with E-state index >= 15 is 0 Å². The number of aromatic nitrogens is 1. The molecule has 7 nitrogen and oxygen atoms in total. The summed E-state index contributed by atoms with van der Waals surface area (Å²) in [6, 6.07) is 10.5. The topological polar surface area (TPSA) is 88.0 Å². The molecule has 0 unspecified atom stereocenters. The first-order valence-corrected chi connectivity index (χ1v) is 12.8. The highest BCUT2D eigenvalue weighted by molar-refractivity contribution is 6.35. The number of hydrogen-bond donors (Lipinski definition) is 4. The third-order valence-corrected chi connectivity index (χ3v) is 7.42. The summed E-state index contributed by atoms with van der Waals surface area (Å²) >= 11 is 6.72. The molecule has 1 aliphatic heterocycles. The summed E-state index contributed by atoms with van der Waals surface area (Å²) in [6.07, 6.45) is 5.55. The van der Waals surface area contributed by atoms with E-state index in [2.05, 4.69) is 60.3 Å². The van der Waals surface area contributed by atoms with Crippen LogP contribution in [0.4, 0.5) is 15.8 Å². The predicted molar refractivity (Wildman–Crippen MR) is 146 cm³/mol. The van der Waals surface area contributed by atoms with Gasteiger partial charge in [0.1, 0.15) is 11.9 Å². The van der Waals surface area contributed by atoms with Crippen molar-refractivity contribution in [3.63, 3.8) is 0 Å². The Morgan fingerprint density at radius 1 is 1.27 bits per heavy atom. The fraction of sp³-hybridized carbons (Fsp3) is 0.357. The summed E-state index contributed by atoms with van der Waals surface area (Å²) in [5.74, 6) is -0.106. The maximum Gasteiger partial charge on any atom is 0.123 e. The van der Waals surface area contributed by atoms with Crippen molar-refractivity contribution < 1.29 is 5.76 Å². The standard InChI is InChI=1S/C28H31ClFN7/c1-16(2)28(3,4)34-25-18(13-31)14-32-27-22(25)11-20(12-23(27)29)33-26(17-5-7-19(30)8-6-17)24-15-37(36-35-24)21-9-10-21/h5-8,11-12,14-16,21,26,33,35-36H,9-10H2,1-4H3,(H,32,34)/t26-/m1/s1/i26D. The van der Waals surface area contributed by atoms with E-state index in [0.717, 1.165) is 12.8 Å². The van der Waals surface area contributed by atoms with Crippen molar-refractivity contribution >= 4 is 33.9 Å². The Bertz CT molecular complexity index is 1450. The van der Waals surface area contributed by atoms with Crippen molar-refractivity contribution in [2.45, 2.75) is 58.1 Å². The summed E-state index contributed by atoms with van der Waals surface area (Å²) in [5, 5.41) is 19.7. The van der Waals surface area contributed by atoms with Gasteiger partial charge >= 0.3 is 0 Å². The molecule has 0 spiro atoms. The van der Waals surface area contributed by atoms with E-state index in [4.69, 9.17) is 11.6 Å². The minimum absolute atomic E-state index is 0.274. The zero-order valence-corrected chi connectivity index (χ0v) is 22.0. The molecule has 0 amide bonds. The lowest BCUT2D eigenvalue weighted by Gasteiger charge is -2.32. The Morgan fingerprint density at radius 2 is 2.00 bits per heavy atom. The second-order valence-corrected chi connectivity index (χ2v) is 10.8. The molecule has 9 heteroatoms. The second kappa shape index (κ2) is 9.73. The first-order valence-electron chi connectivity index (χ1n) is 12.9. The highest BCUT2D eigenvalue weighted by atomic mass is 35.5. The molecule has 0 bridgehead atoms. The second-order valence-electron chi connectivity index (χ2n) is 10.4. The van der Waals surface area contributed by atoms with Crippen molar-refractivity contribution in [1.82, 2.24) is 21.0 Å². The molecule has 1 fully saturated rings. The number of nitrogens with one attached hydrogen (secondary N) is 4. The molecule has 2 heterocycles. The maximum atomic E-state index is 13.8. The molecule has 192 valence electrons. The van der Waals surface area contributed by atoms with Gasteiger partial charge in [-0.1, -0.05) is 37.6 Å². The summed E-state index contributed by atoms with van der Waals surface area (Å²) in [7, 11) is 0. The molecule has 2 aromatic carbocycles. The number of pyridine rings is 1. The Kier molecular flexibility index (Phi) is 6.27. The Labute approximate surface area is 223 Å². The molecular formula is C28H31ClFN7. The van der Waals surface area contributed by atoms with Gasteiger partial charge in [0.2, 0.25) is 0 Å². The van der Waals surface area contributed by atoms with E-state index in [1.165, 1.54) is 18.3 Å². The number of nitrogens with zero attached hydrogens (tertiary/aromatic N) is 3. The van der Waals surface area contributed by atoms with Gasteiger partial charge in [0, 0.05) is 35.1 Å². The van der Waals surface area contributed by atoms with Crippen molar-refractivity contribution in [2.24, 2.45) is 5.92 Å². The van der Waals surface area contributed by atoms with Gasteiger partial charge in [-0.2, -0.15) is 5.26 Å². The normalized spacial score (nSPS) is 17.6. The van der Waals surface area contributed by atoms with Crippen LogP contribution in [0.15, 0.2) is 54.5 Å². The van der Waals surface area contributed by atoms with E-state index in [-0.39, 0.29) is 17.3 Å². The monoisotopic (exact) mass is 520 g/mol. The molecule has 0 radical (unpaired) electrons. The summed E-state index contributed by atoms with van der Waals surface area (Å²) < 4.78 is 23.4. The van der Waals surface area contributed by atoms with Crippen molar-refractivity contribution in [3.05, 3.63) is 76.5 Å². The summed E-state index contributed by atoms with van der Waals surface area (Å²) in [5.41, 5.74) is 9.15. The highest BCUT2D eigenvalue weighted by Crippen LogP contribution is 2.38. The van der Waals surface area contributed by atoms with Gasteiger partial charge in [0.25, 0.3) is 0 Å². The Balaban J connectivity index is 1.62. The van der Waals surface area contributed by atoms with Crippen molar-refractivity contribution in [3.8, 4) is 6.07 Å². The maximum absolute atomic E-state index is 13.8. The lowest BCUT2D eigenvalue weighted by Crippen LogP contribution is -2.38. The minimum atomic E-state index is -1.51. The molecule has 2 aliphatic rings. The van der Waals surface area contributed by atoms with Crippen molar-refractivity contribution in [2.75, 3.05) is 10.6 Å². The number of hydrazine groups is 2. The van der Waals surface area contributed by atoms with Crippen LogP contribution in [0.1, 0.15) is 59.1 Å². The fourth-order valence-electron chi connectivity index (χ4n) is 4.08. The van der Waals surface area contributed by atoms with Crippen LogP contribution < -0.4 is 21.6 Å². The molecule has 4 N–H and O–H groups in total. The van der Waals surface area contributed by atoms with Gasteiger partial charge in [-0.3, -0.25) is 9.99 Å². The van der Waals surface area contributed by atoms with Gasteiger partial charge in [-0.25, -0.2) is 4.39 Å². The first-order chi connectivity index (χ1) is 18.0. The van der Waals surface area contributed by atoms with E-state index in [1.54, 1.807) is 18.2 Å². The molecule has 1 saturated carbocycles. The highest BCUT2D eigenvalue weighted by Gasteiger charge is 2.32. The van der Waals surface area contributed by atoms with Crippen LogP contribution in [0.3, 0.4) is 0 Å². The molecule has 1 atom stereocenters. The number of hydrogen-bond acceptors (Lipinski definition) is 7. The summed E-state index contributed by atoms with van der Waals surface area (Å²) in [4.78, 5) is 4.46. The molecule has 37 heavy (non-hydrogen) atoms. The largest absolute Gasteiger partial charge is 0.378 e. The lowest BCUT2D eigenvalue weighted by atomic mass is 9.90. The van der Waals surface area contributed by atoms with Gasteiger partial charge in [-0.05, 0) is 62.4 Å². The van der Waals surface area contributed by atoms with Crippen molar-refractivity contribution in [1.29, 1.82) is 5.26 Å². The number of nitriles is 1. The van der Waals surface area contributed by atoms with E-state index in [0.29, 0.717) is 50.2 Å². The van der Waals surface area contributed by atoms with Crippen LogP contribution >= 0.6 is 11.6 Å². The molecule has 1 aromatic heterocycles. The predicted octanol–water partition coefficient (Wildman–Crippen LogP) is 6.23. The van der Waals surface area contributed by atoms with E-state index in [1.807, 2.05) is 17.3 Å². The van der Waals surface area contributed by atoms with Crippen LogP contribution in [0.5, 0.6) is 0 Å². The number of rotatable bonds is 8. The van der Waals surface area contributed by atoms with Gasteiger partial charge in [-0.15, -0.1) is 5.53 Å². The van der Waals surface area contributed by atoms with Gasteiger partial charge < -0.3 is 16.1 Å². The number of fused-ring (bicyclic) bond motifs is 1. The SMILES string of the molecule is [2H][C@](Nc1cc(Cl)c2ncc(C#N)c(NC(C)(C)C(C)C)c2c1)(C1=CN(C2CC2)NN1)c1ccc(F)cc1. The number of benzene rings is 2. The zero-order valence-electron chi connectivity index (χ0n) is 22.3. The van der Waals surface area contributed by atoms with Gasteiger partial charge in [0.05, 0.1) is 34.9 Å². The minimum Gasteiger partial charge on any atom is -0.378 e. The van der Waals surface area contributed by atoms with Crippen LogP contribution in [0.25, 0.3) is 10.9 Å². The third kappa shape index (κ3) is 5.15. The third-order valence-electron chi connectivity index (χ3n) is 7.14.